The molecule has 1 amide bonds. The molecule has 0 aliphatic heterocycles. The maximum Gasteiger partial charge on any atom is 0.258 e. The van der Waals surface area contributed by atoms with E-state index in [9.17, 15) is 14.3 Å². The summed E-state index contributed by atoms with van der Waals surface area (Å²) in [6, 6.07) is 4.10. The van der Waals surface area contributed by atoms with Crippen LogP contribution >= 0.6 is 0 Å². The summed E-state index contributed by atoms with van der Waals surface area (Å²) in [6.45, 7) is 4.96. The fourth-order valence-corrected chi connectivity index (χ4v) is 1.36. The van der Waals surface area contributed by atoms with E-state index in [0.717, 1.165) is 6.07 Å². The first-order valence-corrected chi connectivity index (χ1v) is 5.51. The Kier molecular flexibility index (Phi) is 4.90. The molecule has 3 N–H and O–H groups in total. The lowest BCUT2D eigenvalue weighted by Gasteiger charge is -2.10. The molecule has 0 aliphatic carbocycles. The number of benzene rings is 1. The minimum Gasteiger partial charge on any atom is -0.507 e. The Morgan fingerprint density at radius 3 is 2.71 bits per heavy atom. The minimum atomic E-state index is -0.723. The van der Waals surface area contributed by atoms with Gasteiger partial charge in [0.25, 0.3) is 5.91 Å². The van der Waals surface area contributed by atoms with E-state index in [1.54, 1.807) is 0 Å². The van der Waals surface area contributed by atoms with E-state index in [2.05, 4.69) is 10.6 Å². The largest absolute Gasteiger partial charge is 0.507 e. The Balaban J connectivity index is 2.53. The van der Waals surface area contributed by atoms with Gasteiger partial charge in [-0.15, -0.1) is 0 Å². The van der Waals surface area contributed by atoms with Gasteiger partial charge in [0.1, 0.15) is 17.1 Å². The van der Waals surface area contributed by atoms with E-state index in [1.807, 2.05) is 13.8 Å². The summed E-state index contributed by atoms with van der Waals surface area (Å²) < 4.78 is 13.3. The van der Waals surface area contributed by atoms with Crippen LogP contribution in [-0.2, 0) is 0 Å². The van der Waals surface area contributed by atoms with Gasteiger partial charge in [-0.25, -0.2) is 4.39 Å². The van der Waals surface area contributed by atoms with Gasteiger partial charge in [0.15, 0.2) is 0 Å². The van der Waals surface area contributed by atoms with Gasteiger partial charge >= 0.3 is 0 Å². The number of hydrogen-bond donors (Lipinski definition) is 3. The van der Waals surface area contributed by atoms with Crippen molar-refractivity contribution in [3.8, 4) is 5.75 Å². The number of carbonyl (C=O) groups excluding carboxylic acids is 1. The quantitative estimate of drug-likeness (QED) is 0.679. The SMILES string of the molecule is CC(C)NCCNC(=O)c1c(O)cccc1F. The van der Waals surface area contributed by atoms with Crippen molar-refractivity contribution in [2.24, 2.45) is 0 Å². The van der Waals surface area contributed by atoms with Gasteiger partial charge in [-0.05, 0) is 12.1 Å². The third-order valence-corrected chi connectivity index (χ3v) is 2.18. The fourth-order valence-electron chi connectivity index (χ4n) is 1.36. The summed E-state index contributed by atoms with van der Waals surface area (Å²) in [7, 11) is 0. The van der Waals surface area contributed by atoms with Crippen molar-refractivity contribution in [2.45, 2.75) is 19.9 Å². The molecule has 0 aliphatic rings. The van der Waals surface area contributed by atoms with Crippen LogP contribution in [0, 0.1) is 5.82 Å². The molecule has 1 aromatic carbocycles. The van der Waals surface area contributed by atoms with Gasteiger partial charge in [-0.3, -0.25) is 4.79 Å². The Labute approximate surface area is 99.8 Å². The van der Waals surface area contributed by atoms with Crippen molar-refractivity contribution in [2.75, 3.05) is 13.1 Å². The molecule has 1 rings (SSSR count). The van der Waals surface area contributed by atoms with Crippen LogP contribution < -0.4 is 10.6 Å². The molecule has 4 nitrogen and oxygen atoms in total. The lowest BCUT2D eigenvalue weighted by molar-refractivity contribution is 0.0946. The van der Waals surface area contributed by atoms with Crippen molar-refractivity contribution in [1.29, 1.82) is 0 Å². The standard InChI is InChI=1S/C12H17FN2O2/c1-8(2)14-6-7-15-12(17)11-9(13)4-3-5-10(11)16/h3-5,8,14,16H,6-7H2,1-2H3,(H,15,17). The van der Waals surface area contributed by atoms with Gasteiger partial charge < -0.3 is 15.7 Å². The number of phenols is 1. The third kappa shape index (κ3) is 4.03. The molecule has 1 aromatic rings. The lowest BCUT2D eigenvalue weighted by atomic mass is 10.1. The number of rotatable bonds is 5. The first-order valence-electron chi connectivity index (χ1n) is 5.51. The van der Waals surface area contributed by atoms with E-state index in [1.165, 1.54) is 12.1 Å². The zero-order valence-corrected chi connectivity index (χ0v) is 9.96. The van der Waals surface area contributed by atoms with Crippen LogP contribution in [0.1, 0.15) is 24.2 Å². The highest BCUT2D eigenvalue weighted by atomic mass is 19.1. The topological polar surface area (TPSA) is 61.4 Å². The van der Waals surface area contributed by atoms with Gasteiger partial charge in [-0.2, -0.15) is 0 Å². The molecule has 5 heteroatoms. The van der Waals surface area contributed by atoms with Crippen LogP contribution in [0.15, 0.2) is 18.2 Å². The van der Waals surface area contributed by atoms with Crippen LogP contribution in [0.25, 0.3) is 0 Å². The first-order chi connectivity index (χ1) is 8.02. The predicted molar refractivity (Wildman–Crippen MR) is 63.5 cm³/mol. The molecule has 0 fully saturated rings. The van der Waals surface area contributed by atoms with E-state index < -0.39 is 11.7 Å². The molecule has 0 saturated carbocycles. The average molecular weight is 240 g/mol. The van der Waals surface area contributed by atoms with E-state index in [4.69, 9.17) is 0 Å². The zero-order valence-electron chi connectivity index (χ0n) is 9.96. The minimum absolute atomic E-state index is 0.308. The monoisotopic (exact) mass is 240 g/mol. The van der Waals surface area contributed by atoms with Crippen LogP contribution in [0.5, 0.6) is 5.75 Å². The highest BCUT2D eigenvalue weighted by Crippen LogP contribution is 2.19. The second kappa shape index (κ2) is 6.20. The Morgan fingerprint density at radius 1 is 1.41 bits per heavy atom. The van der Waals surface area contributed by atoms with Crippen LogP contribution in [-0.4, -0.2) is 30.1 Å². The molecule has 0 radical (unpaired) electrons. The van der Waals surface area contributed by atoms with Crippen molar-refractivity contribution < 1.29 is 14.3 Å². The molecule has 0 saturated heterocycles. The van der Waals surface area contributed by atoms with Gasteiger partial charge in [-0.1, -0.05) is 19.9 Å². The predicted octanol–water partition coefficient (Wildman–Crippen LogP) is 1.26. The molecule has 0 spiro atoms. The van der Waals surface area contributed by atoms with Gasteiger partial charge in [0, 0.05) is 19.1 Å². The van der Waals surface area contributed by atoms with Crippen molar-refractivity contribution >= 4 is 5.91 Å². The van der Waals surface area contributed by atoms with Crippen LogP contribution in [0.2, 0.25) is 0 Å². The molecular weight excluding hydrogens is 223 g/mol. The van der Waals surface area contributed by atoms with Crippen LogP contribution in [0.3, 0.4) is 0 Å². The number of halogens is 1. The normalized spacial score (nSPS) is 10.6. The molecule has 0 aromatic heterocycles. The number of nitrogens with one attached hydrogen (secondary N) is 2. The molecule has 94 valence electrons. The summed E-state index contributed by atoms with van der Waals surface area (Å²) in [6.07, 6.45) is 0. The Morgan fingerprint density at radius 2 is 2.12 bits per heavy atom. The summed E-state index contributed by atoms with van der Waals surface area (Å²) in [4.78, 5) is 11.6. The highest BCUT2D eigenvalue weighted by Gasteiger charge is 2.15. The number of hydrogen-bond acceptors (Lipinski definition) is 3. The molecule has 0 unspecified atom stereocenters. The number of carbonyl (C=O) groups is 1. The summed E-state index contributed by atoms with van der Waals surface area (Å²) in [5, 5.41) is 15.0. The molecular formula is C12H17FN2O2. The Bertz CT molecular complexity index is 374. The first kappa shape index (κ1) is 13.4. The zero-order chi connectivity index (χ0) is 12.8. The number of phenolic OH excluding ortho intramolecular Hbond substituents is 1. The van der Waals surface area contributed by atoms with Gasteiger partial charge in [0.2, 0.25) is 0 Å². The third-order valence-electron chi connectivity index (χ3n) is 2.18. The summed E-state index contributed by atoms with van der Waals surface area (Å²) in [5.74, 6) is -1.68. The maximum absolute atomic E-state index is 13.3. The Hall–Kier alpha value is -1.62. The van der Waals surface area contributed by atoms with E-state index >= 15 is 0 Å². The summed E-state index contributed by atoms with van der Waals surface area (Å²) in [5.41, 5.74) is -0.308. The molecule has 0 heterocycles. The van der Waals surface area contributed by atoms with Gasteiger partial charge in [0.05, 0.1) is 0 Å². The maximum atomic E-state index is 13.3. The lowest BCUT2D eigenvalue weighted by Crippen LogP contribution is -2.34. The van der Waals surface area contributed by atoms with E-state index in [-0.39, 0.29) is 11.3 Å². The number of amides is 1. The van der Waals surface area contributed by atoms with Crippen molar-refractivity contribution in [1.82, 2.24) is 10.6 Å². The second-order valence-electron chi connectivity index (χ2n) is 4.00. The van der Waals surface area contributed by atoms with Crippen LogP contribution in [0.4, 0.5) is 4.39 Å². The highest BCUT2D eigenvalue weighted by molar-refractivity contribution is 5.97. The smallest absolute Gasteiger partial charge is 0.258 e. The molecule has 17 heavy (non-hydrogen) atoms. The molecule has 0 bridgehead atoms. The number of aromatic hydroxyl groups is 1. The summed E-state index contributed by atoms with van der Waals surface area (Å²) >= 11 is 0. The molecule has 0 atom stereocenters. The van der Waals surface area contributed by atoms with Crippen molar-refractivity contribution in [3.05, 3.63) is 29.6 Å². The average Bonchev–Trinajstić information content (AvgIpc) is 2.24. The fraction of sp³-hybridized carbons (Fsp3) is 0.417. The second-order valence-corrected chi connectivity index (χ2v) is 4.00. The van der Waals surface area contributed by atoms with E-state index in [0.29, 0.717) is 19.1 Å². The van der Waals surface area contributed by atoms with Crippen molar-refractivity contribution in [3.63, 3.8) is 0 Å².